The molecule has 8 heteroatoms. The molecule has 0 aliphatic heterocycles. The first kappa shape index (κ1) is 27.4. The van der Waals surface area contributed by atoms with Gasteiger partial charge in [-0.2, -0.15) is 0 Å². The summed E-state index contributed by atoms with van der Waals surface area (Å²) in [6.45, 7) is 10.3. The minimum absolute atomic E-state index is 0.131. The summed E-state index contributed by atoms with van der Waals surface area (Å²) in [4.78, 5) is 27.3. The molecule has 0 saturated heterocycles. The monoisotopic (exact) mass is 487 g/mol. The molecule has 2 aromatic rings. The van der Waals surface area contributed by atoms with E-state index in [-0.39, 0.29) is 24.8 Å². The second-order valence-electron chi connectivity index (χ2n) is 8.81. The fourth-order valence-corrected chi connectivity index (χ4v) is 4.90. The lowest BCUT2D eigenvalue weighted by atomic mass is 10.1. The maximum absolute atomic E-state index is 13.2. The highest BCUT2D eigenvalue weighted by Gasteiger charge is 2.26. The minimum atomic E-state index is -3.52. The molecule has 0 spiro atoms. The van der Waals surface area contributed by atoms with E-state index in [1.807, 2.05) is 70.2 Å². The van der Waals surface area contributed by atoms with E-state index < -0.39 is 16.1 Å². The molecule has 0 heterocycles. The Labute approximate surface area is 204 Å². The van der Waals surface area contributed by atoms with Gasteiger partial charge in [-0.3, -0.25) is 13.9 Å². The van der Waals surface area contributed by atoms with Gasteiger partial charge >= 0.3 is 0 Å². The van der Waals surface area contributed by atoms with Crippen LogP contribution in [0.25, 0.3) is 0 Å². The molecular formula is C26H37N3O4S. The molecule has 0 unspecified atom stereocenters. The molecule has 0 aliphatic carbocycles. The van der Waals surface area contributed by atoms with Crippen LogP contribution >= 0.6 is 0 Å². The van der Waals surface area contributed by atoms with Gasteiger partial charge in [0, 0.05) is 26.1 Å². The Morgan fingerprint density at radius 2 is 1.71 bits per heavy atom. The van der Waals surface area contributed by atoms with Crippen LogP contribution in [-0.2, 0) is 26.2 Å². The Morgan fingerprint density at radius 3 is 2.32 bits per heavy atom. The summed E-state index contributed by atoms with van der Waals surface area (Å²) >= 11 is 0. The topological polar surface area (TPSA) is 86.8 Å². The van der Waals surface area contributed by atoms with Crippen molar-refractivity contribution in [3.05, 3.63) is 64.7 Å². The molecule has 34 heavy (non-hydrogen) atoms. The van der Waals surface area contributed by atoms with Crippen molar-refractivity contribution in [3.63, 3.8) is 0 Å². The molecule has 2 aromatic carbocycles. The highest BCUT2D eigenvalue weighted by atomic mass is 32.2. The van der Waals surface area contributed by atoms with Gasteiger partial charge in [0.2, 0.25) is 21.8 Å². The van der Waals surface area contributed by atoms with Crippen LogP contribution in [0, 0.1) is 20.8 Å². The third-order valence-corrected chi connectivity index (χ3v) is 6.92. The number of carbonyl (C=O) groups is 2. The second kappa shape index (κ2) is 12.0. The SMILES string of the molecule is CCNC(=O)[C@@H](C)N(Cc1cccc(C)c1)C(=O)CCCN(c1cc(C)ccc1C)S(C)(=O)=O. The van der Waals surface area contributed by atoms with Crippen molar-refractivity contribution in [3.8, 4) is 0 Å². The Hall–Kier alpha value is -2.87. The molecule has 2 amide bonds. The van der Waals surface area contributed by atoms with Crippen LogP contribution in [0.4, 0.5) is 5.69 Å². The summed E-state index contributed by atoms with van der Waals surface area (Å²) in [5, 5.41) is 2.78. The number of nitrogens with one attached hydrogen (secondary N) is 1. The van der Waals surface area contributed by atoms with Crippen LogP contribution in [0.2, 0.25) is 0 Å². The van der Waals surface area contributed by atoms with Crippen molar-refractivity contribution >= 4 is 27.5 Å². The van der Waals surface area contributed by atoms with Gasteiger partial charge in [-0.25, -0.2) is 8.42 Å². The second-order valence-corrected chi connectivity index (χ2v) is 10.7. The summed E-state index contributed by atoms with van der Waals surface area (Å²) < 4.78 is 26.4. The molecule has 186 valence electrons. The first-order valence-electron chi connectivity index (χ1n) is 11.6. The number of hydrogen-bond acceptors (Lipinski definition) is 4. The maximum Gasteiger partial charge on any atom is 0.242 e. The number of carbonyl (C=O) groups excluding carboxylic acids is 2. The van der Waals surface area contributed by atoms with E-state index in [0.717, 1.165) is 22.3 Å². The van der Waals surface area contributed by atoms with E-state index in [0.29, 0.717) is 25.2 Å². The van der Waals surface area contributed by atoms with Crippen LogP contribution < -0.4 is 9.62 Å². The van der Waals surface area contributed by atoms with Crippen molar-refractivity contribution in [2.24, 2.45) is 0 Å². The van der Waals surface area contributed by atoms with Crippen molar-refractivity contribution in [1.82, 2.24) is 10.2 Å². The van der Waals surface area contributed by atoms with Crippen molar-refractivity contribution in [1.29, 1.82) is 0 Å². The van der Waals surface area contributed by atoms with E-state index in [2.05, 4.69) is 5.32 Å². The van der Waals surface area contributed by atoms with Gasteiger partial charge in [-0.1, -0.05) is 42.0 Å². The fourth-order valence-electron chi connectivity index (χ4n) is 3.88. The summed E-state index contributed by atoms with van der Waals surface area (Å²) in [6.07, 6.45) is 1.65. The molecular weight excluding hydrogens is 450 g/mol. The van der Waals surface area contributed by atoms with Gasteiger partial charge in [0.05, 0.1) is 11.9 Å². The van der Waals surface area contributed by atoms with Gasteiger partial charge in [-0.15, -0.1) is 0 Å². The first-order chi connectivity index (χ1) is 15.9. The highest BCUT2D eigenvalue weighted by Crippen LogP contribution is 2.24. The molecule has 0 aromatic heterocycles. The number of hydrogen-bond donors (Lipinski definition) is 1. The standard InChI is InChI=1S/C26H37N3O4S/c1-7-27-26(31)22(5)28(18-23-11-8-10-19(2)16-23)25(30)12-9-15-29(34(6,32)33)24-17-20(3)13-14-21(24)4/h8,10-11,13-14,16-17,22H,7,9,12,15,18H2,1-6H3,(H,27,31)/t22-/m1/s1. The zero-order chi connectivity index (χ0) is 25.5. The molecule has 0 radical (unpaired) electrons. The van der Waals surface area contributed by atoms with Crippen LogP contribution in [0.5, 0.6) is 0 Å². The molecule has 1 N–H and O–H groups in total. The third kappa shape index (κ3) is 7.58. The Bertz CT molecular complexity index is 1110. The summed E-state index contributed by atoms with van der Waals surface area (Å²) in [6, 6.07) is 12.9. The number of amides is 2. The highest BCUT2D eigenvalue weighted by molar-refractivity contribution is 7.92. The van der Waals surface area contributed by atoms with E-state index in [1.54, 1.807) is 11.8 Å². The predicted molar refractivity (Wildman–Crippen MR) is 137 cm³/mol. The lowest BCUT2D eigenvalue weighted by molar-refractivity contribution is -0.140. The predicted octanol–water partition coefficient (Wildman–Crippen LogP) is 3.71. The van der Waals surface area contributed by atoms with Crippen LogP contribution in [-0.4, -0.2) is 50.5 Å². The number of likely N-dealkylation sites (N-methyl/N-ethyl adjacent to an activating group) is 1. The summed E-state index contributed by atoms with van der Waals surface area (Å²) in [7, 11) is -3.52. The van der Waals surface area contributed by atoms with Gasteiger partial charge in [0.25, 0.3) is 0 Å². The fraction of sp³-hybridized carbons (Fsp3) is 0.462. The third-order valence-electron chi connectivity index (χ3n) is 5.74. The van der Waals surface area contributed by atoms with Crippen molar-refractivity contribution < 1.29 is 18.0 Å². The van der Waals surface area contributed by atoms with Crippen molar-refractivity contribution in [2.45, 2.75) is 60.0 Å². The zero-order valence-electron chi connectivity index (χ0n) is 21.1. The minimum Gasteiger partial charge on any atom is -0.355 e. The number of aryl methyl sites for hydroxylation is 3. The van der Waals surface area contributed by atoms with E-state index in [1.165, 1.54) is 10.6 Å². The number of rotatable bonds is 11. The largest absolute Gasteiger partial charge is 0.355 e. The molecule has 1 atom stereocenters. The number of anilines is 1. The van der Waals surface area contributed by atoms with Crippen LogP contribution in [0.3, 0.4) is 0 Å². The summed E-state index contributed by atoms with van der Waals surface area (Å²) in [5.41, 5.74) is 4.46. The average Bonchev–Trinajstić information content (AvgIpc) is 2.75. The Balaban J connectivity index is 2.19. The maximum atomic E-state index is 13.2. The van der Waals surface area contributed by atoms with Crippen molar-refractivity contribution in [2.75, 3.05) is 23.7 Å². The van der Waals surface area contributed by atoms with E-state index in [9.17, 15) is 18.0 Å². The number of benzene rings is 2. The molecule has 7 nitrogen and oxygen atoms in total. The van der Waals surface area contributed by atoms with Gasteiger partial charge in [-0.05, 0) is 63.8 Å². The zero-order valence-corrected chi connectivity index (χ0v) is 21.9. The van der Waals surface area contributed by atoms with Gasteiger partial charge in [0.15, 0.2) is 0 Å². The average molecular weight is 488 g/mol. The lowest BCUT2D eigenvalue weighted by Gasteiger charge is -2.29. The Kier molecular flexibility index (Phi) is 9.67. The quantitative estimate of drug-likeness (QED) is 0.523. The lowest BCUT2D eigenvalue weighted by Crippen LogP contribution is -2.47. The van der Waals surface area contributed by atoms with E-state index in [4.69, 9.17) is 0 Å². The Morgan fingerprint density at radius 1 is 1.03 bits per heavy atom. The smallest absolute Gasteiger partial charge is 0.242 e. The normalized spacial score (nSPS) is 12.2. The van der Waals surface area contributed by atoms with Crippen LogP contribution in [0.1, 0.15) is 48.9 Å². The summed E-state index contributed by atoms with van der Waals surface area (Å²) in [5.74, 6) is -0.397. The van der Waals surface area contributed by atoms with Crippen LogP contribution in [0.15, 0.2) is 42.5 Å². The molecule has 0 fully saturated rings. The number of sulfonamides is 1. The van der Waals surface area contributed by atoms with Gasteiger partial charge in [0.1, 0.15) is 6.04 Å². The molecule has 0 saturated carbocycles. The molecule has 0 bridgehead atoms. The van der Waals surface area contributed by atoms with Gasteiger partial charge < -0.3 is 10.2 Å². The molecule has 2 rings (SSSR count). The van der Waals surface area contributed by atoms with E-state index >= 15 is 0 Å². The molecule has 0 aliphatic rings. The first-order valence-corrected chi connectivity index (χ1v) is 13.5. The number of nitrogens with zero attached hydrogens (tertiary/aromatic N) is 2.